The first-order chi connectivity index (χ1) is 12.7. The van der Waals surface area contributed by atoms with Crippen LogP contribution in [0.5, 0.6) is 5.75 Å². The van der Waals surface area contributed by atoms with Crippen molar-refractivity contribution in [3.63, 3.8) is 0 Å². The van der Waals surface area contributed by atoms with Gasteiger partial charge in [-0.1, -0.05) is 0 Å². The number of carbonyl (C=O) groups is 1. The molecule has 1 aromatic heterocycles. The SMILES string of the molecule is Cc1cc2cnn(C3CCCCO3)c2cc1OOC(=O)N1CCCCC1. The van der Waals surface area contributed by atoms with Crippen molar-refractivity contribution in [1.82, 2.24) is 14.7 Å². The molecule has 7 heteroatoms. The highest BCUT2D eigenvalue weighted by atomic mass is 17.2. The van der Waals surface area contributed by atoms with Crippen molar-refractivity contribution in [3.8, 4) is 5.75 Å². The maximum Gasteiger partial charge on any atom is 0.452 e. The summed E-state index contributed by atoms with van der Waals surface area (Å²) in [6.07, 6.45) is 7.73. The van der Waals surface area contributed by atoms with Crippen LogP contribution >= 0.6 is 0 Å². The number of likely N-dealkylation sites (tertiary alicyclic amines) is 1. The van der Waals surface area contributed by atoms with E-state index in [2.05, 4.69) is 5.10 Å². The Balaban J connectivity index is 1.51. The van der Waals surface area contributed by atoms with Crippen molar-refractivity contribution >= 4 is 17.0 Å². The largest absolute Gasteiger partial charge is 0.452 e. The Morgan fingerprint density at radius 1 is 1.19 bits per heavy atom. The van der Waals surface area contributed by atoms with Crippen molar-refractivity contribution in [1.29, 1.82) is 0 Å². The van der Waals surface area contributed by atoms with Crippen LogP contribution in [0, 0.1) is 6.92 Å². The number of benzene rings is 1. The van der Waals surface area contributed by atoms with Gasteiger partial charge in [0, 0.05) is 31.1 Å². The topological polar surface area (TPSA) is 65.8 Å². The third-order valence-electron chi connectivity index (χ3n) is 5.14. The number of aryl methyl sites for hydroxylation is 1. The summed E-state index contributed by atoms with van der Waals surface area (Å²) in [4.78, 5) is 24.3. The highest BCUT2D eigenvalue weighted by Crippen LogP contribution is 2.30. The third kappa shape index (κ3) is 3.49. The fourth-order valence-electron chi connectivity index (χ4n) is 3.63. The van der Waals surface area contributed by atoms with E-state index in [0.29, 0.717) is 5.75 Å². The fourth-order valence-corrected chi connectivity index (χ4v) is 3.63. The van der Waals surface area contributed by atoms with Crippen LogP contribution in [0.15, 0.2) is 18.3 Å². The van der Waals surface area contributed by atoms with Crippen molar-refractivity contribution in [2.75, 3.05) is 19.7 Å². The van der Waals surface area contributed by atoms with Gasteiger partial charge in [0.2, 0.25) is 0 Å². The molecule has 4 rings (SSSR count). The molecule has 140 valence electrons. The minimum absolute atomic E-state index is 0.0484. The number of piperidine rings is 1. The van der Waals surface area contributed by atoms with E-state index in [9.17, 15) is 4.79 Å². The smallest absolute Gasteiger partial charge is 0.356 e. The van der Waals surface area contributed by atoms with Crippen LogP contribution in [-0.2, 0) is 9.62 Å². The van der Waals surface area contributed by atoms with E-state index in [0.717, 1.165) is 74.7 Å². The van der Waals surface area contributed by atoms with Gasteiger partial charge in [-0.25, -0.2) is 14.4 Å². The van der Waals surface area contributed by atoms with Crippen molar-refractivity contribution in [2.45, 2.75) is 51.7 Å². The van der Waals surface area contributed by atoms with Crippen LogP contribution in [0.2, 0.25) is 0 Å². The average molecular weight is 359 g/mol. The normalized spacial score (nSPS) is 21.0. The lowest BCUT2D eigenvalue weighted by Crippen LogP contribution is -2.36. The molecular weight excluding hydrogens is 334 g/mol. The number of amides is 1. The van der Waals surface area contributed by atoms with Gasteiger partial charge in [-0.3, -0.25) is 4.89 Å². The Morgan fingerprint density at radius 2 is 2.04 bits per heavy atom. The van der Waals surface area contributed by atoms with Gasteiger partial charge in [0.1, 0.15) is 0 Å². The third-order valence-corrected chi connectivity index (χ3v) is 5.14. The van der Waals surface area contributed by atoms with Gasteiger partial charge < -0.3 is 9.64 Å². The molecule has 2 saturated heterocycles. The van der Waals surface area contributed by atoms with Gasteiger partial charge in [-0.15, -0.1) is 0 Å². The van der Waals surface area contributed by atoms with Crippen molar-refractivity contribution < 1.29 is 19.3 Å². The molecule has 7 nitrogen and oxygen atoms in total. The number of ether oxygens (including phenoxy) is 1. The minimum atomic E-state index is -0.423. The lowest BCUT2D eigenvalue weighted by atomic mass is 10.1. The maximum absolute atomic E-state index is 12.2. The summed E-state index contributed by atoms with van der Waals surface area (Å²) < 4.78 is 7.74. The van der Waals surface area contributed by atoms with Crippen LogP contribution in [0.25, 0.3) is 10.9 Å². The molecule has 2 fully saturated rings. The number of hydrogen-bond donors (Lipinski definition) is 0. The van der Waals surface area contributed by atoms with Gasteiger partial charge in [0.25, 0.3) is 0 Å². The molecule has 1 atom stereocenters. The Hall–Kier alpha value is -2.28. The van der Waals surface area contributed by atoms with E-state index in [1.807, 2.05) is 29.9 Å². The highest BCUT2D eigenvalue weighted by molar-refractivity contribution is 5.81. The quantitative estimate of drug-likeness (QED) is 0.613. The molecule has 1 aromatic carbocycles. The van der Waals surface area contributed by atoms with E-state index in [4.69, 9.17) is 14.5 Å². The Labute approximate surface area is 152 Å². The molecule has 0 aliphatic carbocycles. The van der Waals surface area contributed by atoms with Gasteiger partial charge in [0.15, 0.2) is 12.0 Å². The molecule has 26 heavy (non-hydrogen) atoms. The standard InChI is InChI=1S/C19H25N3O4/c1-14-11-15-13-20-22(18-7-3-6-10-24-18)16(15)12-17(14)25-26-19(23)21-8-4-2-5-9-21/h11-13,18H,2-10H2,1H3. The molecule has 2 aromatic rings. The van der Waals surface area contributed by atoms with Crippen LogP contribution in [0.4, 0.5) is 4.79 Å². The van der Waals surface area contributed by atoms with Crippen LogP contribution in [-0.4, -0.2) is 40.5 Å². The lowest BCUT2D eigenvalue weighted by Gasteiger charge is -2.25. The zero-order valence-electron chi connectivity index (χ0n) is 15.1. The average Bonchev–Trinajstić information content (AvgIpc) is 3.09. The summed E-state index contributed by atoms with van der Waals surface area (Å²) in [5, 5.41) is 5.51. The minimum Gasteiger partial charge on any atom is -0.356 e. The second kappa shape index (κ2) is 7.53. The number of rotatable bonds is 3. The summed E-state index contributed by atoms with van der Waals surface area (Å²) in [5.41, 5.74) is 1.82. The summed E-state index contributed by atoms with van der Waals surface area (Å²) in [6, 6.07) is 3.87. The molecular formula is C19H25N3O4. The zero-order chi connectivity index (χ0) is 17.9. The van der Waals surface area contributed by atoms with Gasteiger partial charge in [-0.2, -0.15) is 5.10 Å². The highest BCUT2D eigenvalue weighted by Gasteiger charge is 2.21. The molecule has 1 amide bonds. The lowest BCUT2D eigenvalue weighted by molar-refractivity contribution is -0.155. The van der Waals surface area contributed by atoms with E-state index in [1.54, 1.807) is 4.90 Å². The summed E-state index contributed by atoms with van der Waals surface area (Å²) in [6.45, 7) is 4.14. The Morgan fingerprint density at radius 3 is 2.81 bits per heavy atom. The Bertz CT molecular complexity index is 776. The summed E-state index contributed by atoms with van der Waals surface area (Å²) in [7, 11) is 0. The van der Waals surface area contributed by atoms with Gasteiger partial charge >= 0.3 is 6.09 Å². The summed E-state index contributed by atoms with van der Waals surface area (Å²) in [5.74, 6) is 0.528. The fraction of sp³-hybridized carbons (Fsp3) is 0.579. The number of aromatic nitrogens is 2. The first-order valence-electron chi connectivity index (χ1n) is 9.45. The molecule has 0 saturated carbocycles. The van der Waals surface area contributed by atoms with Crippen LogP contribution in [0.1, 0.15) is 50.3 Å². The molecule has 0 radical (unpaired) electrons. The number of fused-ring (bicyclic) bond motifs is 1. The molecule has 2 aliphatic heterocycles. The molecule has 0 N–H and O–H groups in total. The van der Waals surface area contributed by atoms with E-state index in [1.165, 1.54) is 0 Å². The second-order valence-electron chi connectivity index (χ2n) is 7.07. The number of hydrogen-bond acceptors (Lipinski definition) is 5. The zero-order valence-corrected chi connectivity index (χ0v) is 15.1. The van der Waals surface area contributed by atoms with E-state index in [-0.39, 0.29) is 6.23 Å². The second-order valence-corrected chi connectivity index (χ2v) is 7.07. The molecule has 3 heterocycles. The maximum atomic E-state index is 12.2. The number of carbonyl (C=O) groups excluding carboxylic acids is 1. The molecule has 1 unspecified atom stereocenters. The van der Waals surface area contributed by atoms with Crippen molar-refractivity contribution in [3.05, 3.63) is 23.9 Å². The van der Waals surface area contributed by atoms with Crippen molar-refractivity contribution in [2.24, 2.45) is 0 Å². The molecule has 0 spiro atoms. The monoisotopic (exact) mass is 359 g/mol. The van der Waals surface area contributed by atoms with E-state index >= 15 is 0 Å². The predicted octanol–water partition coefficient (Wildman–Crippen LogP) is 3.96. The first-order valence-corrected chi connectivity index (χ1v) is 9.45. The predicted molar refractivity (Wildman–Crippen MR) is 95.8 cm³/mol. The van der Waals surface area contributed by atoms with E-state index < -0.39 is 6.09 Å². The van der Waals surface area contributed by atoms with Gasteiger partial charge in [0.05, 0.1) is 11.7 Å². The Kier molecular flexibility index (Phi) is 4.97. The van der Waals surface area contributed by atoms with Gasteiger partial charge in [-0.05, 0) is 57.1 Å². The van der Waals surface area contributed by atoms with Crippen LogP contribution in [0.3, 0.4) is 0 Å². The summed E-state index contributed by atoms with van der Waals surface area (Å²) >= 11 is 0. The molecule has 0 bridgehead atoms. The molecule has 2 aliphatic rings. The first kappa shape index (κ1) is 17.1. The number of nitrogens with zero attached hydrogens (tertiary/aromatic N) is 3. The van der Waals surface area contributed by atoms with Crippen LogP contribution < -0.4 is 4.89 Å².